The van der Waals surface area contributed by atoms with Crippen molar-refractivity contribution in [3.05, 3.63) is 144 Å². The number of hydrogen-bond donors (Lipinski definition) is 0. The number of carbonyl (C=O) groups excluding carboxylic acids is 4. The molecule has 0 saturated carbocycles. The summed E-state index contributed by atoms with van der Waals surface area (Å²) >= 11 is 0. The molecule has 1 aliphatic heterocycles. The molecule has 1 fully saturated rings. The van der Waals surface area contributed by atoms with Gasteiger partial charge in [0.05, 0.1) is 22.3 Å². The molecule has 2 unspecified atom stereocenters. The molecular weight excluding hydrogens is 540 g/mol. The first kappa shape index (κ1) is 28.3. The summed E-state index contributed by atoms with van der Waals surface area (Å²) in [4.78, 5) is 51.9. The minimum absolute atomic E-state index is 0.220. The van der Waals surface area contributed by atoms with Crippen LogP contribution >= 0.6 is 0 Å². The topological polar surface area (TPSA) is 114 Å². The second-order valence-electron chi connectivity index (χ2n) is 9.25. The fourth-order valence-corrected chi connectivity index (χ4v) is 4.28. The molecule has 1 heterocycles. The summed E-state index contributed by atoms with van der Waals surface area (Å²) in [6.45, 7) is -0.390. The van der Waals surface area contributed by atoms with Gasteiger partial charge in [-0.15, -0.1) is 0 Å². The lowest BCUT2D eigenvalue weighted by Crippen LogP contribution is -2.42. The van der Waals surface area contributed by atoms with Gasteiger partial charge < -0.3 is 23.7 Å². The molecule has 9 heteroatoms. The van der Waals surface area contributed by atoms with Crippen molar-refractivity contribution in [2.24, 2.45) is 0 Å². The van der Waals surface area contributed by atoms with E-state index in [9.17, 15) is 19.2 Å². The Bertz CT molecular complexity index is 1510. The molecule has 0 aromatic heterocycles. The van der Waals surface area contributed by atoms with Crippen molar-refractivity contribution < 1.29 is 42.9 Å². The first-order valence-electron chi connectivity index (χ1n) is 13.2. The molecule has 0 bridgehead atoms. The van der Waals surface area contributed by atoms with Crippen molar-refractivity contribution >= 4 is 23.9 Å². The average Bonchev–Trinajstić information content (AvgIpc) is 3.35. The molecular formula is C33H26O9. The molecule has 5 rings (SSSR count). The molecule has 9 nitrogen and oxygen atoms in total. The van der Waals surface area contributed by atoms with Gasteiger partial charge in [-0.2, -0.15) is 0 Å². The normalized spacial score (nSPS) is 19.3. The standard InChI is InChI=1S/C33H26O9/c34-29(22-13-5-1-6-14-22)38-21-26-27(40-30(35)23-15-7-2-8-16-23)28(41-31(36)24-17-9-3-10-18-24)33(39-26)42-32(37)25-19-11-4-12-20-25/h1-20,26-28,33H,21H2/t26-,27?,28?,33+/m1/s1. The maximum absolute atomic E-state index is 13.1. The van der Waals surface area contributed by atoms with Gasteiger partial charge in [-0.25, -0.2) is 19.2 Å². The lowest BCUT2D eigenvalue weighted by molar-refractivity contribution is -0.141. The summed E-state index contributed by atoms with van der Waals surface area (Å²) in [6.07, 6.45) is -5.33. The van der Waals surface area contributed by atoms with Crippen molar-refractivity contribution in [3.63, 3.8) is 0 Å². The van der Waals surface area contributed by atoms with Gasteiger partial charge in [0.2, 0.25) is 12.4 Å². The Kier molecular flexibility index (Phi) is 9.00. The van der Waals surface area contributed by atoms with E-state index in [1.165, 1.54) is 0 Å². The van der Waals surface area contributed by atoms with Gasteiger partial charge >= 0.3 is 23.9 Å². The molecule has 4 aromatic carbocycles. The molecule has 4 aromatic rings. The predicted molar refractivity (Wildman–Crippen MR) is 149 cm³/mol. The molecule has 0 radical (unpaired) electrons. The van der Waals surface area contributed by atoms with Crippen LogP contribution in [0.5, 0.6) is 0 Å². The summed E-state index contributed by atoms with van der Waals surface area (Å²) in [5.74, 6) is -2.89. The van der Waals surface area contributed by atoms with Crippen LogP contribution in [-0.4, -0.2) is 55.1 Å². The Balaban J connectivity index is 1.43. The van der Waals surface area contributed by atoms with Crippen LogP contribution < -0.4 is 0 Å². The highest BCUT2D eigenvalue weighted by Crippen LogP contribution is 2.30. The average molecular weight is 567 g/mol. The minimum Gasteiger partial charge on any atom is -0.459 e. The van der Waals surface area contributed by atoms with Gasteiger partial charge in [-0.3, -0.25) is 0 Å². The fourth-order valence-electron chi connectivity index (χ4n) is 4.28. The third-order valence-corrected chi connectivity index (χ3v) is 6.39. The van der Waals surface area contributed by atoms with Gasteiger partial charge in [0.15, 0.2) is 6.10 Å². The van der Waals surface area contributed by atoms with E-state index >= 15 is 0 Å². The Morgan fingerprint density at radius 2 is 0.833 bits per heavy atom. The summed E-state index contributed by atoms with van der Waals surface area (Å²) in [6, 6.07) is 32.8. The van der Waals surface area contributed by atoms with E-state index in [1.807, 2.05) is 0 Å². The van der Waals surface area contributed by atoms with Crippen molar-refractivity contribution in [2.45, 2.75) is 24.6 Å². The zero-order chi connectivity index (χ0) is 29.3. The Morgan fingerprint density at radius 1 is 0.476 bits per heavy atom. The summed E-state index contributed by atoms with van der Waals surface area (Å²) in [5, 5.41) is 0. The highest BCUT2D eigenvalue weighted by Gasteiger charge is 2.52. The highest BCUT2D eigenvalue weighted by atomic mass is 16.8. The van der Waals surface area contributed by atoms with Gasteiger partial charge in [-0.1, -0.05) is 72.8 Å². The van der Waals surface area contributed by atoms with E-state index in [4.69, 9.17) is 23.7 Å². The quantitative estimate of drug-likeness (QED) is 0.207. The number of hydrogen-bond acceptors (Lipinski definition) is 9. The van der Waals surface area contributed by atoms with Crippen LogP contribution in [-0.2, 0) is 23.7 Å². The van der Waals surface area contributed by atoms with E-state index < -0.39 is 48.5 Å². The predicted octanol–water partition coefficient (Wildman–Crippen LogP) is 4.88. The molecule has 1 aliphatic rings. The van der Waals surface area contributed by atoms with Crippen molar-refractivity contribution in [1.29, 1.82) is 0 Å². The molecule has 4 atom stereocenters. The monoisotopic (exact) mass is 566 g/mol. The second kappa shape index (κ2) is 13.4. The van der Waals surface area contributed by atoms with E-state index in [1.54, 1.807) is 121 Å². The van der Waals surface area contributed by atoms with E-state index in [0.717, 1.165) is 0 Å². The molecule has 42 heavy (non-hydrogen) atoms. The van der Waals surface area contributed by atoms with Gasteiger partial charge in [0.1, 0.15) is 12.7 Å². The largest absolute Gasteiger partial charge is 0.459 e. The number of ether oxygens (including phenoxy) is 5. The molecule has 0 aliphatic carbocycles. The van der Waals surface area contributed by atoms with E-state index in [0.29, 0.717) is 5.56 Å². The third kappa shape index (κ3) is 6.89. The molecule has 1 saturated heterocycles. The molecule has 0 N–H and O–H groups in total. The van der Waals surface area contributed by atoms with Crippen molar-refractivity contribution in [2.75, 3.05) is 6.61 Å². The molecule has 0 amide bonds. The number of benzene rings is 4. The lowest BCUT2D eigenvalue weighted by Gasteiger charge is -2.24. The number of carbonyl (C=O) groups is 4. The minimum atomic E-state index is -1.49. The van der Waals surface area contributed by atoms with Crippen LogP contribution in [0.2, 0.25) is 0 Å². The smallest absolute Gasteiger partial charge is 0.340 e. The lowest BCUT2D eigenvalue weighted by atomic mass is 10.1. The van der Waals surface area contributed by atoms with Crippen LogP contribution in [0.15, 0.2) is 121 Å². The van der Waals surface area contributed by atoms with Crippen LogP contribution in [0.4, 0.5) is 0 Å². The maximum atomic E-state index is 13.1. The van der Waals surface area contributed by atoms with E-state index in [2.05, 4.69) is 0 Å². The second-order valence-corrected chi connectivity index (χ2v) is 9.25. The zero-order valence-electron chi connectivity index (χ0n) is 22.2. The van der Waals surface area contributed by atoms with Crippen LogP contribution in [0.25, 0.3) is 0 Å². The summed E-state index contributed by atoms with van der Waals surface area (Å²) in [5.41, 5.74) is 0.978. The fraction of sp³-hybridized carbons (Fsp3) is 0.152. The summed E-state index contributed by atoms with van der Waals surface area (Å²) in [7, 11) is 0. The summed E-state index contributed by atoms with van der Waals surface area (Å²) < 4.78 is 28.6. The van der Waals surface area contributed by atoms with E-state index in [-0.39, 0.29) is 23.3 Å². The maximum Gasteiger partial charge on any atom is 0.340 e. The van der Waals surface area contributed by atoms with Gasteiger partial charge in [0.25, 0.3) is 0 Å². The SMILES string of the molecule is O=C(OC[C@H]1O[C@@H](OC(=O)c2ccccc2)C(OC(=O)c2ccccc2)C1OC(=O)c1ccccc1)c1ccccc1. The number of esters is 4. The Labute approximate surface area is 241 Å². The zero-order valence-corrected chi connectivity index (χ0v) is 22.2. The van der Waals surface area contributed by atoms with Gasteiger partial charge in [0, 0.05) is 0 Å². The third-order valence-electron chi connectivity index (χ3n) is 6.39. The van der Waals surface area contributed by atoms with Crippen LogP contribution in [0.3, 0.4) is 0 Å². The van der Waals surface area contributed by atoms with Gasteiger partial charge in [-0.05, 0) is 48.5 Å². The first-order valence-corrected chi connectivity index (χ1v) is 13.2. The first-order chi connectivity index (χ1) is 20.5. The number of rotatable bonds is 9. The highest BCUT2D eigenvalue weighted by molar-refractivity contribution is 5.91. The van der Waals surface area contributed by atoms with Crippen molar-refractivity contribution in [1.82, 2.24) is 0 Å². The molecule has 212 valence electrons. The van der Waals surface area contributed by atoms with Crippen LogP contribution in [0, 0.1) is 0 Å². The van der Waals surface area contributed by atoms with Crippen molar-refractivity contribution in [3.8, 4) is 0 Å². The Morgan fingerprint density at radius 3 is 1.26 bits per heavy atom. The Hall–Kier alpha value is -5.28. The molecule has 0 spiro atoms. The van der Waals surface area contributed by atoms with Crippen LogP contribution in [0.1, 0.15) is 41.4 Å².